The molecule has 2 aromatic carbocycles. The van der Waals surface area contributed by atoms with Crippen molar-refractivity contribution in [3.63, 3.8) is 0 Å². The standard InChI is InChI=1S/C27H29Cl2N7O/c1-2-3-14-30-27(37)35-15-12-19(13-16-35)33-24-23-26(32-17-31-24)36(20-10-8-18(28)9-11-20)25(34-23)21-6-4-5-7-22(21)29/h4-11,17,19H,2-3,12-16H2,1H3,(H,30,37)(H,31,32,33). The molecule has 5 rings (SSSR count). The van der Waals surface area contributed by atoms with E-state index in [-0.39, 0.29) is 12.1 Å². The smallest absolute Gasteiger partial charge is 0.317 e. The lowest BCUT2D eigenvalue weighted by molar-refractivity contribution is 0.183. The van der Waals surface area contributed by atoms with E-state index >= 15 is 0 Å². The number of likely N-dealkylation sites (tertiary alicyclic amines) is 1. The molecule has 2 aromatic heterocycles. The van der Waals surface area contributed by atoms with Crippen LogP contribution in [0.25, 0.3) is 28.2 Å². The summed E-state index contributed by atoms with van der Waals surface area (Å²) < 4.78 is 1.98. The van der Waals surface area contributed by atoms with Crippen LogP contribution in [-0.4, -0.2) is 56.1 Å². The minimum atomic E-state index is 0.0161. The third-order valence-corrected chi connectivity index (χ3v) is 7.15. The first-order valence-corrected chi connectivity index (χ1v) is 13.3. The number of halogens is 2. The molecule has 10 heteroatoms. The highest BCUT2D eigenvalue weighted by atomic mass is 35.5. The number of hydrogen-bond acceptors (Lipinski definition) is 5. The Hall–Kier alpha value is -3.36. The Kier molecular flexibility index (Phi) is 7.76. The number of fused-ring (bicyclic) bond motifs is 1. The van der Waals surface area contributed by atoms with Gasteiger partial charge in [0.2, 0.25) is 0 Å². The predicted octanol–water partition coefficient (Wildman–Crippen LogP) is 6.18. The Morgan fingerprint density at radius 2 is 1.81 bits per heavy atom. The van der Waals surface area contributed by atoms with Crippen LogP contribution in [-0.2, 0) is 0 Å². The fraction of sp³-hybridized carbons (Fsp3) is 0.333. The Morgan fingerprint density at radius 1 is 1.05 bits per heavy atom. The second kappa shape index (κ2) is 11.4. The minimum Gasteiger partial charge on any atom is -0.365 e. The van der Waals surface area contributed by atoms with E-state index in [0.29, 0.717) is 45.9 Å². The van der Waals surface area contributed by atoms with Gasteiger partial charge < -0.3 is 15.5 Å². The highest BCUT2D eigenvalue weighted by Gasteiger charge is 2.25. The number of benzene rings is 2. The quantitative estimate of drug-likeness (QED) is 0.275. The summed E-state index contributed by atoms with van der Waals surface area (Å²) in [6.07, 6.45) is 5.24. The lowest BCUT2D eigenvalue weighted by atomic mass is 10.1. The van der Waals surface area contributed by atoms with E-state index in [4.69, 9.17) is 28.2 Å². The van der Waals surface area contributed by atoms with Gasteiger partial charge in [-0.3, -0.25) is 4.57 Å². The van der Waals surface area contributed by atoms with Crippen molar-refractivity contribution in [3.8, 4) is 17.1 Å². The van der Waals surface area contributed by atoms with Crippen LogP contribution in [0.3, 0.4) is 0 Å². The number of nitrogens with one attached hydrogen (secondary N) is 2. The predicted molar refractivity (Wildman–Crippen MR) is 149 cm³/mol. The third kappa shape index (κ3) is 5.50. The molecule has 0 atom stereocenters. The summed E-state index contributed by atoms with van der Waals surface area (Å²) in [7, 11) is 0. The maximum absolute atomic E-state index is 12.4. The molecule has 0 spiro atoms. The number of piperidine rings is 1. The number of amides is 2. The molecule has 3 heterocycles. The van der Waals surface area contributed by atoms with Gasteiger partial charge in [-0.15, -0.1) is 0 Å². The van der Waals surface area contributed by atoms with E-state index in [0.717, 1.165) is 43.5 Å². The van der Waals surface area contributed by atoms with E-state index in [9.17, 15) is 4.79 Å². The highest BCUT2D eigenvalue weighted by molar-refractivity contribution is 6.33. The van der Waals surface area contributed by atoms with Crippen LogP contribution in [0.4, 0.5) is 10.6 Å². The first-order valence-electron chi connectivity index (χ1n) is 12.6. The number of aromatic nitrogens is 4. The van der Waals surface area contributed by atoms with Gasteiger partial charge in [0.1, 0.15) is 12.2 Å². The van der Waals surface area contributed by atoms with Crippen LogP contribution < -0.4 is 10.6 Å². The Bertz CT molecular complexity index is 1380. The van der Waals surface area contributed by atoms with Gasteiger partial charge in [0.25, 0.3) is 0 Å². The molecule has 37 heavy (non-hydrogen) atoms. The van der Waals surface area contributed by atoms with Crippen molar-refractivity contribution in [3.05, 3.63) is 64.9 Å². The van der Waals surface area contributed by atoms with E-state index in [2.05, 4.69) is 27.5 Å². The van der Waals surface area contributed by atoms with Crippen LogP contribution in [0, 0.1) is 0 Å². The third-order valence-electron chi connectivity index (χ3n) is 6.57. The molecule has 1 saturated heterocycles. The Labute approximate surface area is 226 Å². The number of carbonyl (C=O) groups excluding carboxylic acids is 1. The average Bonchev–Trinajstić information content (AvgIpc) is 3.30. The number of imidazole rings is 1. The molecular weight excluding hydrogens is 509 g/mol. The molecule has 0 unspecified atom stereocenters. The molecule has 2 N–H and O–H groups in total. The largest absolute Gasteiger partial charge is 0.365 e. The minimum absolute atomic E-state index is 0.0161. The lowest BCUT2D eigenvalue weighted by Gasteiger charge is -2.32. The van der Waals surface area contributed by atoms with Crippen molar-refractivity contribution in [2.45, 2.75) is 38.6 Å². The van der Waals surface area contributed by atoms with E-state index in [1.807, 2.05) is 58.0 Å². The molecule has 1 fully saturated rings. The zero-order valence-corrected chi connectivity index (χ0v) is 22.1. The molecule has 0 saturated carbocycles. The average molecular weight is 538 g/mol. The summed E-state index contributed by atoms with van der Waals surface area (Å²) >= 11 is 12.7. The number of nitrogens with zero attached hydrogens (tertiary/aromatic N) is 5. The number of rotatable bonds is 7. The van der Waals surface area contributed by atoms with Gasteiger partial charge in [-0.25, -0.2) is 19.7 Å². The summed E-state index contributed by atoms with van der Waals surface area (Å²) in [5, 5.41) is 7.81. The molecule has 0 aliphatic carbocycles. The zero-order valence-electron chi connectivity index (χ0n) is 20.6. The van der Waals surface area contributed by atoms with Gasteiger partial charge in [0.05, 0.1) is 5.02 Å². The van der Waals surface area contributed by atoms with Crippen molar-refractivity contribution in [2.24, 2.45) is 0 Å². The van der Waals surface area contributed by atoms with Gasteiger partial charge in [0, 0.05) is 41.9 Å². The van der Waals surface area contributed by atoms with Gasteiger partial charge in [-0.05, 0) is 55.7 Å². The van der Waals surface area contributed by atoms with E-state index in [1.165, 1.54) is 0 Å². The molecule has 192 valence electrons. The zero-order chi connectivity index (χ0) is 25.8. The SMILES string of the molecule is CCCCNC(=O)N1CCC(Nc2ncnc3c2nc(-c2ccccc2Cl)n3-c2ccc(Cl)cc2)CC1. The molecule has 8 nitrogen and oxygen atoms in total. The fourth-order valence-electron chi connectivity index (χ4n) is 4.56. The van der Waals surface area contributed by atoms with Crippen LogP contribution in [0.2, 0.25) is 10.0 Å². The van der Waals surface area contributed by atoms with Gasteiger partial charge >= 0.3 is 6.03 Å². The second-order valence-corrected chi connectivity index (χ2v) is 9.96. The summed E-state index contributed by atoms with van der Waals surface area (Å²) in [4.78, 5) is 28.4. The Balaban J connectivity index is 1.44. The molecule has 0 bridgehead atoms. The van der Waals surface area contributed by atoms with E-state index in [1.54, 1.807) is 6.33 Å². The maximum atomic E-state index is 12.4. The number of unbranched alkanes of at least 4 members (excludes halogenated alkanes) is 1. The summed E-state index contributed by atoms with van der Waals surface area (Å²) in [5.74, 6) is 1.34. The summed E-state index contributed by atoms with van der Waals surface area (Å²) in [6, 6.07) is 15.3. The molecule has 1 aliphatic rings. The van der Waals surface area contributed by atoms with Crippen molar-refractivity contribution in [1.29, 1.82) is 0 Å². The lowest BCUT2D eigenvalue weighted by Crippen LogP contribution is -2.47. The molecule has 4 aromatic rings. The number of carbonyl (C=O) groups is 1. The van der Waals surface area contributed by atoms with Gasteiger partial charge in [-0.2, -0.15) is 0 Å². The van der Waals surface area contributed by atoms with Crippen LogP contribution in [0.1, 0.15) is 32.6 Å². The normalized spacial score (nSPS) is 14.2. The van der Waals surface area contributed by atoms with Crippen molar-refractivity contribution in [1.82, 2.24) is 29.7 Å². The van der Waals surface area contributed by atoms with Crippen LogP contribution in [0.5, 0.6) is 0 Å². The van der Waals surface area contributed by atoms with Crippen LogP contribution in [0.15, 0.2) is 54.9 Å². The van der Waals surface area contributed by atoms with Crippen molar-refractivity contribution in [2.75, 3.05) is 25.0 Å². The van der Waals surface area contributed by atoms with E-state index < -0.39 is 0 Å². The fourth-order valence-corrected chi connectivity index (χ4v) is 4.91. The van der Waals surface area contributed by atoms with Crippen molar-refractivity contribution < 1.29 is 4.79 Å². The first-order chi connectivity index (χ1) is 18.0. The molecule has 2 amide bonds. The number of urea groups is 1. The second-order valence-electron chi connectivity index (χ2n) is 9.11. The van der Waals surface area contributed by atoms with Crippen molar-refractivity contribution >= 4 is 46.2 Å². The first kappa shape index (κ1) is 25.3. The Morgan fingerprint density at radius 3 is 2.54 bits per heavy atom. The van der Waals surface area contributed by atoms with Crippen LogP contribution >= 0.6 is 23.2 Å². The molecule has 1 aliphatic heterocycles. The van der Waals surface area contributed by atoms with Gasteiger partial charge in [-0.1, -0.05) is 48.7 Å². The summed E-state index contributed by atoms with van der Waals surface area (Å²) in [6.45, 7) is 4.21. The monoisotopic (exact) mass is 537 g/mol. The number of anilines is 1. The number of hydrogen-bond donors (Lipinski definition) is 2. The molecule has 0 radical (unpaired) electrons. The highest BCUT2D eigenvalue weighted by Crippen LogP contribution is 2.34. The summed E-state index contributed by atoms with van der Waals surface area (Å²) in [5.41, 5.74) is 2.99. The maximum Gasteiger partial charge on any atom is 0.317 e. The topological polar surface area (TPSA) is 88.0 Å². The van der Waals surface area contributed by atoms with Gasteiger partial charge in [0.15, 0.2) is 17.0 Å². The molecular formula is C27H29Cl2N7O.